The number of pyridine rings is 1. The molecule has 0 spiro atoms. The number of rotatable bonds is 2. The van der Waals surface area contributed by atoms with Gasteiger partial charge in [-0.2, -0.15) is 0 Å². The SMILES string of the molecule is O=C(Nc1cnccc1Cl)c1cccc(Br)c1. The molecule has 0 bridgehead atoms. The van der Waals surface area contributed by atoms with Crippen LogP contribution in [-0.4, -0.2) is 10.9 Å². The Hall–Kier alpha value is -1.39. The number of nitrogens with zero attached hydrogens (tertiary/aromatic N) is 1. The fourth-order valence-electron chi connectivity index (χ4n) is 1.29. The highest BCUT2D eigenvalue weighted by molar-refractivity contribution is 9.10. The highest BCUT2D eigenvalue weighted by atomic mass is 79.9. The number of carbonyl (C=O) groups is 1. The van der Waals surface area contributed by atoms with E-state index in [0.29, 0.717) is 16.3 Å². The molecule has 86 valence electrons. The number of nitrogens with one attached hydrogen (secondary N) is 1. The van der Waals surface area contributed by atoms with E-state index in [9.17, 15) is 4.79 Å². The van der Waals surface area contributed by atoms with Crippen LogP contribution < -0.4 is 5.32 Å². The molecule has 17 heavy (non-hydrogen) atoms. The fraction of sp³-hybridized carbons (Fsp3) is 0. The summed E-state index contributed by atoms with van der Waals surface area (Å²) < 4.78 is 0.849. The second-order valence-corrected chi connectivity index (χ2v) is 4.64. The first kappa shape index (κ1) is 12.1. The molecule has 2 aromatic rings. The second kappa shape index (κ2) is 5.29. The molecule has 1 heterocycles. The highest BCUT2D eigenvalue weighted by Gasteiger charge is 2.08. The van der Waals surface area contributed by atoms with E-state index in [-0.39, 0.29) is 5.91 Å². The van der Waals surface area contributed by atoms with Crippen LogP contribution in [0.5, 0.6) is 0 Å². The minimum atomic E-state index is -0.221. The van der Waals surface area contributed by atoms with E-state index in [4.69, 9.17) is 11.6 Å². The molecule has 1 N–H and O–H groups in total. The van der Waals surface area contributed by atoms with Crippen LogP contribution in [0.4, 0.5) is 5.69 Å². The lowest BCUT2D eigenvalue weighted by Gasteiger charge is -2.06. The van der Waals surface area contributed by atoms with Crippen LogP contribution in [0.25, 0.3) is 0 Å². The van der Waals surface area contributed by atoms with Crippen molar-refractivity contribution in [2.45, 2.75) is 0 Å². The zero-order chi connectivity index (χ0) is 12.3. The van der Waals surface area contributed by atoms with E-state index in [2.05, 4.69) is 26.2 Å². The van der Waals surface area contributed by atoms with Gasteiger partial charge in [-0.15, -0.1) is 0 Å². The van der Waals surface area contributed by atoms with Gasteiger partial charge in [0.25, 0.3) is 5.91 Å². The van der Waals surface area contributed by atoms with Gasteiger partial charge in [0.1, 0.15) is 0 Å². The molecule has 5 heteroatoms. The number of anilines is 1. The van der Waals surface area contributed by atoms with Gasteiger partial charge < -0.3 is 5.32 Å². The van der Waals surface area contributed by atoms with Gasteiger partial charge in [-0.25, -0.2) is 0 Å². The molecule has 0 unspecified atom stereocenters. The monoisotopic (exact) mass is 310 g/mol. The molecule has 3 nitrogen and oxygen atoms in total. The van der Waals surface area contributed by atoms with Crippen LogP contribution in [0.15, 0.2) is 47.2 Å². The van der Waals surface area contributed by atoms with Crippen molar-refractivity contribution in [1.29, 1.82) is 0 Å². The van der Waals surface area contributed by atoms with Crippen molar-refractivity contribution >= 4 is 39.1 Å². The largest absolute Gasteiger partial charge is 0.319 e. The normalized spacial score (nSPS) is 10.0. The molecule has 0 fully saturated rings. The molecular weight excluding hydrogens is 304 g/mol. The molecule has 0 saturated heterocycles. The van der Waals surface area contributed by atoms with Gasteiger partial charge in [0, 0.05) is 16.2 Å². The summed E-state index contributed by atoms with van der Waals surface area (Å²) in [4.78, 5) is 15.8. The third-order valence-electron chi connectivity index (χ3n) is 2.10. The van der Waals surface area contributed by atoms with Crippen LogP contribution in [0.1, 0.15) is 10.4 Å². The molecule has 0 aliphatic carbocycles. The lowest BCUT2D eigenvalue weighted by Crippen LogP contribution is -2.12. The van der Waals surface area contributed by atoms with Crippen molar-refractivity contribution in [3.8, 4) is 0 Å². The summed E-state index contributed by atoms with van der Waals surface area (Å²) >= 11 is 9.23. The Morgan fingerprint density at radius 3 is 2.88 bits per heavy atom. The Balaban J connectivity index is 2.20. The zero-order valence-electron chi connectivity index (χ0n) is 8.65. The number of hydrogen-bond donors (Lipinski definition) is 1. The number of amides is 1. The van der Waals surface area contributed by atoms with Gasteiger partial charge >= 0.3 is 0 Å². The average Bonchev–Trinajstić information content (AvgIpc) is 2.32. The van der Waals surface area contributed by atoms with Gasteiger partial charge in [-0.3, -0.25) is 9.78 Å². The number of halogens is 2. The first-order chi connectivity index (χ1) is 8.16. The van der Waals surface area contributed by atoms with Crippen LogP contribution in [0.3, 0.4) is 0 Å². The van der Waals surface area contributed by atoms with E-state index in [1.165, 1.54) is 6.20 Å². The third kappa shape index (κ3) is 3.05. The van der Waals surface area contributed by atoms with E-state index in [1.807, 2.05) is 6.07 Å². The van der Waals surface area contributed by atoms with E-state index in [0.717, 1.165) is 4.47 Å². The predicted octanol–water partition coefficient (Wildman–Crippen LogP) is 3.75. The smallest absolute Gasteiger partial charge is 0.255 e. The Bertz CT molecular complexity index is 560. The molecule has 2 rings (SSSR count). The molecule has 0 radical (unpaired) electrons. The van der Waals surface area contributed by atoms with Crippen LogP contribution in [0, 0.1) is 0 Å². The summed E-state index contributed by atoms with van der Waals surface area (Å²) in [6.45, 7) is 0. The highest BCUT2D eigenvalue weighted by Crippen LogP contribution is 2.20. The predicted molar refractivity (Wildman–Crippen MR) is 71.3 cm³/mol. The summed E-state index contributed by atoms with van der Waals surface area (Å²) in [6.07, 6.45) is 3.08. The number of aromatic nitrogens is 1. The van der Waals surface area contributed by atoms with Crippen molar-refractivity contribution in [2.24, 2.45) is 0 Å². The second-order valence-electron chi connectivity index (χ2n) is 3.32. The molecule has 1 aromatic carbocycles. The number of hydrogen-bond acceptors (Lipinski definition) is 2. The fourth-order valence-corrected chi connectivity index (χ4v) is 1.85. The lowest BCUT2D eigenvalue weighted by atomic mass is 10.2. The van der Waals surface area contributed by atoms with Gasteiger partial charge in [-0.05, 0) is 24.3 Å². The summed E-state index contributed by atoms with van der Waals surface area (Å²) in [5, 5.41) is 3.16. The van der Waals surface area contributed by atoms with Gasteiger partial charge in [0.15, 0.2) is 0 Å². The van der Waals surface area contributed by atoms with Gasteiger partial charge in [0.05, 0.1) is 16.9 Å². The Labute approximate surface area is 112 Å². The average molecular weight is 312 g/mol. The molecule has 1 amide bonds. The quantitative estimate of drug-likeness (QED) is 0.918. The molecule has 0 aliphatic rings. The molecule has 0 saturated carbocycles. The summed E-state index contributed by atoms with van der Waals surface area (Å²) in [6, 6.07) is 8.74. The van der Waals surface area contributed by atoms with Gasteiger partial charge in [0.2, 0.25) is 0 Å². The Morgan fingerprint density at radius 1 is 1.35 bits per heavy atom. The number of carbonyl (C=O) groups excluding carboxylic acids is 1. The minimum absolute atomic E-state index is 0.221. The first-order valence-corrected chi connectivity index (χ1v) is 6.00. The lowest BCUT2D eigenvalue weighted by molar-refractivity contribution is 0.102. The van der Waals surface area contributed by atoms with Crippen LogP contribution >= 0.6 is 27.5 Å². The zero-order valence-corrected chi connectivity index (χ0v) is 11.0. The van der Waals surface area contributed by atoms with Crippen molar-refractivity contribution in [2.75, 3.05) is 5.32 Å². The van der Waals surface area contributed by atoms with Crippen molar-refractivity contribution < 1.29 is 4.79 Å². The van der Waals surface area contributed by atoms with E-state index >= 15 is 0 Å². The standard InChI is InChI=1S/C12H8BrClN2O/c13-9-3-1-2-8(6-9)12(17)16-11-7-15-5-4-10(11)14/h1-7H,(H,16,17). The van der Waals surface area contributed by atoms with Gasteiger partial charge in [-0.1, -0.05) is 33.6 Å². The van der Waals surface area contributed by atoms with Crippen LogP contribution in [-0.2, 0) is 0 Å². The van der Waals surface area contributed by atoms with E-state index in [1.54, 1.807) is 30.5 Å². The Kier molecular flexibility index (Phi) is 3.76. The van der Waals surface area contributed by atoms with Crippen molar-refractivity contribution in [3.05, 3.63) is 57.8 Å². The molecule has 0 aliphatic heterocycles. The summed E-state index contributed by atoms with van der Waals surface area (Å²) in [7, 11) is 0. The maximum absolute atomic E-state index is 11.9. The maximum atomic E-state index is 11.9. The molecular formula is C12H8BrClN2O. The van der Waals surface area contributed by atoms with Crippen LogP contribution in [0.2, 0.25) is 5.02 Å². The topological polar surface area (TPSA) is 42.0 Å². The number of benzene rings is 1. The maximum Gasteiger partial charge on any atom is 0.255 e. The van der Waals surface area contributed by atoms with E-state index < -0.39 is 0 Å². The molecule has 1 aromatic heterocycles. The minimum Gasteiger partial charge on any atom is -0.319 e. The van der Waals surface area contributed by atoms with Crippen molar-refractivity contribution in [1.82, 2.24) is 4.98 Å². The third-order valence-corrected chi connectivity index (χ3v) is 2.93. The summed E-state index contributed by atoms with van der Waals surface area (Å²) in [5.41, 5.74) is 1.05. The Morgan fingerprint density at radius 2 is 2.18 bits per heavy atom. The molecule has 0 atom stereocenters. The van der Waals surface area contributed by atoms with Crippen molar-refractivity contribution in [3.63, 3.8) is 0 Å². The summed E-state index contributed by atoms with van der Waals surface area (Å²) in [5.74, 6) is -0.221. The first-order valence-electron chi connectivity index (χ1n) is 4.83.